The summed E-state index contributed by atoms with van der Waals surface area (Å²) in [5.41, 5.74) is 1.66. The van der Waals surface area contributed by atoms with E-state index in [2.05, 4.69) is 15.3 Å². The van der Waals surface area contributed by atoms with E-state index >= 15 is 0 Å². The number of carbonyl (C=O) groups excluding carboxylic acids is 2. The van der Waals surface area contributed by atoms with Crippen molar-refractivity contribution < 1.29 is 14.3 Å². The van der Waals surface area contributed by atoms with Gasteiger partial charge in [-0.3, -0.25) is 14.6 Å². The Morgan fingerprint density at radius 1 is 1.37 bits per heavy atom. The van der Waals surface area contributed by atoms with Crippen LogP contribution in [0.15, 0.2) is 30.7 Å². The Kier molecular flexibility index (Phi) is 6.18. The number of hydrogen-bond acceptors (Lipinski definition) is 5. The molecule has 0 spiro atoms. The van der Waals surface area contributed by atoms with Crippen molar-refractivity contribution in [3.05, 3.63) is 47.8 Å². The van der Waals surface area contributed by atoms with Crippen LogP contribution in [-0.4, -0.2) is 51.0 Å². The van der Waals surface area contributed by atoms with Crippen molar-refractivity contribution in [3.63, 3.8) is 0 Å². The van der Waals surface area contributed by atoms with Crippen molar-refractivity contribution in [2.75, 3.05) is 19.8 Å². The number of amides is 2. The SMILES string of the molecule is CCOCC(=O)N1CCn2cc(CC(=O)NCc3cccnc3)nc2[C@@H]1C. The minimum absolute atomic E-state index is 0.0330. The summed E-state index contributed by atoms with van der Waals surface area (Å²) in [5, 5.41) is 2.88. The Balaban J connectivity index is 1.58. The summed E-state index contributed by atoms with van der Waals surface area (Å²) in [7, 11) is 0. The molecule has 1 N–H and O–H groups in total. The smallest absolute Gasteiger partial charge is 0.249 e. The van der Waals surface area contributed by atoms with Gasteiger partial charge in [0.15, 0.2) is 0 Å². The first-order valence-electron chi connectivity index (χ1n) is 9.17. The molecule has 0 aliphatic carbocycles. The van der Waals surface area contributed by atoms with Crippen LogP contribution in [0.4, 0.5) is 0 Å². The van der Waals surface area contributed by atoms with E-state index in [0.29, 0.717) is 31.9 Å². The molecule has 0 fully saturated rings. The molecule has 1 atom stereocenters. The first-order valence-corrected chi connectivity index (χ1v) is 9.17. The molecule has 8 heteroatoms. The van der Waals surface area contributed by atoms with E-state index in [-0.39, 0.29) is 30.9 Å². The molecule has 1 aliphatic rings. The van der Waals surface area contributed by atoms with Gasteiger partial charge in [0, 0.05) is 44.8 Å². The van der Waals surface area contributed by atoms with Crippen LogP contribution in [0.2, 0.25) is 0 Å². The van der Waals surface area contributed by atoms with E-state index in [1.54, 1.807) is 17.3 Å². The topological polar surface area (TPSA) is 89.4 Å². The largest absolute Gasteiger partial charge is 0.372 e. The Hall–Kier alpha value is -2.74. The van der Waals surface area contributed by atoms with Crippen LogP contribution in [0.5, 0.6) is 0 Å². The van der Waals surface area contributed by atoms with Crippen LogP contribution in [-0.2, 0) is 33.8 Å². The second kappa shape index (κ2) is 8.77. The fourth-order valence-electron chi connectivity index (χ4n) is 3.18. The molecule has 27 heavy (non-hydrogen) atoms. The fourth-order valence-corrected chi connectivity index (χ4v) is 3.18. The fraction of sp³-hybridized carbons (Fsp3) is 0.474. The lowest BCUT2D eigenvalue weighted by molar-refractivity contribution is -0.139. The number of hydrogen-bond donors (Lipinski definition) is 1. The van der Waals surface area contributed by atoms with Crippen LogP contribution in [0.3, 0.4) is 0 Å². The molecule has 0 saturated carbocycles. The van der Waals surface area contributed by atoms with Gasteiger partial charge < -0.3 is 19.5 Å². The minimum atomic E-state index is -0.140. The maximum Gasteiger partial charge on any atom is 0.249 e. The zero-order valence-electron chi connectivity index (χ0n) is 15.7. The summed E-state index contributed by atoms with van der Waals surface area (Å²) in [6.45, 7) is 6.15. The summed E-state index contributed by atoms with van der Waals surface area (Å²) in [6, 6.07) is 3.61. The number of fused-ring (bicyclic) bond motifs is 1. The Labute approximate surface area is 158 Å². The summed E-state index contributed by atoms with van der Waals surface area (Å²) < 4.78 is 7.26. The maximum atomic E-state index is 12.3. The molecule has 1 aliphatic heterocycles. The molecular formula is C19H25N5O3. The van der Waals surface area contributed by atoms with E-state index < -0.39 is 0 Å². The van der Waals surface area contributed by atoms with Gasteiger partial charge in [0.1, 0.15) is 12.4 Å². The van der Waals surface area contributed by atoms with Crippen molar-refractivity contribution in [2.45, 2.75) is 39.4 Å². The van der Waals surface area contributed by atoms with Gasteiger partial charge in [-0.25, -0.2) is 4.98 Å². The predicted octanol–water partition coefficient (Wildman–Crippen LogP) is 1.08. The van der Waals surface area contributed by atoms with Gasteiger partial charge >= 0.3 is 0 Å². The summed E-state index contributed by atoms with van der Waals surface area (Å²) >= 11 is 0. The molecule has 0 bridgehead atoms. The zero-order chi connectivity index (χ0) is 19.2. The van der Waals surface area contributed by atoms with E-state index in [9.17, 15) is 9.59 Å². The minimum Gasteiger partial charge on any atom is -0.372 e. The Morgan fingerprint density at radius 2 is 2.22 bits per heavy atom. The molecule has 0 unspecified atom stereocenters. The number of ether oxygens (including phenoxy) is 1. The molecule has 8 nitrogen and oxygen atoms in total. The van der Waals surface area contributed by atoms with E-state index in [0.717, 1.165) is 11.4 Å². The average molecular weight is 371 g/mol. The summed E-state index contributed by atoms with van der Waals surface area (Å²) in [5.74, 6) is 0.682. The highest BCUT2D eigenvalue weighted by Crippen LogP contribution is 2.24. The van der Waals surface area contributed by atoms with E-state index in [1.165, 1.54) is 0 Å². The van der Waals surface area contributed by atoms with Gasteiger partial charge in [-0.15, -0.1) is 0 Å². The number of nitrogens with one attached hydrogen (secondary N) is 1. The Morgan fingerprint density at radius 3 is 2.96 bits per heavy atom. The maximum absolute atomic E-state index is 12.3. The van der Waals surface area contributed by atoms with Crippen LogP contribution in [0.25, 0.3) is 0 Å². The van der Waals surface area contributed by atoms with Crippen LogP contribution < -0.4 is 5.32 Å². The third-order valence-electron chi connectivity index (χ3n) is 4.58. The van der Waals surface area contributed by atoms with Crippen molar-refractivity contribution in [1.82, 2.24) is 24.8 Å². The highest BCUT2D eigenvalue weighted by molar-refractivity contribution is 5.78. The van der Waals surface area contributed by atoms with Crippen molar-refractivity contribution in [3.8, 4) is 0 Å². The monoisotopic (exact) mass is 371 g/mol. The second-order valence-corrected chi connectivity index (χ2v) is 6.50. The highest BCUT2D eigenvalue weighted by Gasteiger charge is 2.29. The van der Waals surface area contributed by atoms with Crippen molar-refractivity contribution in [2.24, 2.45) is 0 Å². The van der Waals surface area contributed by atoms with Crippen molar-refractivity contribution in [1.29, 1.82) is 0 Å². The molecule has 2 aromatic rings. The molecular weight excluding hydrogens is 346 g/mol. The normalized spacial score (nSPS) is 16.1. The predicted molar refractivity (Wildman–Crippen MR) is 98.6 cm³/mol. The van der Waals surface area contributed by atoms with Crippen molar-refractivity contribution >= 4 is 11.8 Å². The van der Waals surface area contributed by atoms with Crippen LogP contribution in [0, 0.1) is 0 Å². The van der Waals surface area contributed by atoms with E-state index in [1.807, 2.05) is 36.7 Å². The lowest BCUT2D eigenvalue weighted by Crippen LogP contribution is -2.42. The highest BCUT2D eigenvalue weighted by atomic mass is 16.5. The lowest BCUT2D eigenvalue weighted by atomic mass is 10.2. The van der Waals surface area contributed by atoms with Gasteiger partial charge in [-0.1, -0.05) is 6.07 Å². The first-order chi connectivity index (χ1) is 13.1. The quantitative estimate of drug-likeness (QED) is 0.787. The van der Waals surface area contributed by atoms with Crippen LogP contribution >= 0.6 is 0 Å². The molecule has 144 valence electrons. The number of aromatic nitrogens is 3. The Bertz CT molecular complexity index is 790. The average Bonchev–Trinajstić information content (AvgIpc) is 3.09. The molecule has 3 heterocycles. The molecule has 2 aromatic heterocycles. The lowest BCUT2D eigenvalue weighted by Gasteiger charge is -2.33. The molecule has 0 saturated heterocycles. The van der Waals surface area contributed by atoms with Gasteiger partial charge in [0.25, 0.3) is 0 Å². The number of pyridine rings is 1. The standard InChI is InChI=1S/C19H25N5O3/c1-3-27-13-18(26)24-8-7-23-12-16(22-19(23)14(24)2)9-17(25)21-11-15-5-4-6-20-10-15/h4-6,10,12,14H,3,7-9,11,13H2,1-2H3,(H,21,25)/t14-/m0/s1. The molecule has 3 rings (SSSR count). The first kappa shape index (κ1) is 19.0. The number of carbonyl (C=O) groups is 2. The van der Waals surface area contributed by atoms with Gasteiger partial charge in [0.2, 0.25) is 11.8 Å². The van der Waals surface area contributed by atoms with Crippen LogP contribution in [0.1, 0.15) is 37.0 Å². The molecule has 2 amide bonds. The third kappa shape index (κ3) is 4.71. The third-order valence-corrected chi connectivity index (χ3v) is 4.58. The zero-order valence-corrected chi connectivity index (χ0v) is 15.7. The van der Waals surface area contributed by atoms with Gasteiger partial charge in [-0.2, -0.15) is 0 Å². The second-order valence-electron chi connectivity index (χ2n) is 6.50. The van der Waals surface area contributed by atoms with E-state index in [4.69, 9.17) is 4.74 Å². The number of rotatable bonds is 7. The molecule has 0 aromatic carbocycles. The summed E-state index contributed by atoms with van der Waals surface area (Å²) in [6.07, 6.45) is 5.54. The summed E-state index contributed by atoms with van der Waals surface area (Å²) in [4.78, 5) is 34.9. The molecule has 0 radical (unpaired) electrons. The van der Waals surface area contributed by atoms with Gasteiger partial charge in [0.05, 0.1) is 18.2 Å². The number of imidazole rings is 1. The van der Waals surface area contributed by atoms with Gasteiger partial charge in [-0.05, 0) is 25.5 Å². The number of nitrogens with zero attached hydrogens (tertiary/aromatic N) is 4.